The molecule has 2 rings (SSSR count). The molecule has 1 atom stereocenters. The highest BCUT2D eigenvalue weighted by atomic mass is 32.2. The fourth-order valence-electron chi connectivity index (χ4n) is 2.82. The lowest BCUT2D eigenvalue weighted by Gasteiger charge is -2.23. The smallest absolute Gasteiger partial charge is 0.325 e. The quantitative estimate of drug-likeness (QED) is 0.667. The molecule has 2 amide bonds. The summed E-state index contributed by atoms with van der Waals surface area (Å²) < 4.78 is 27.9. The second-order valence-corrected chi connectivity index (χ2v) is 9.28. The Morgan fingerprint density at radius 2 is 1.89 bits per heavy atom. The van der Waals surface area contributed by atoms with Gasteiger partial charge < -0.3 is 15.4 Å². The molecule has 0 aromatic heterocycles. The Morgan fingerprint density at radius 1 is 1.19 bits per heavy atom. The molecule has 0 spiro atoms. The van der Waals surface area contributed by atoms with Crippen molar-refractivity contribution in [3.8, 4) is 0 Å². The zero-order valence-electron chi connectivity index (χ0n) is 15.6. The van der Waals surface area contributed by atoms with E-state index >= 15 is 0 Å². The van der Waals surface area contributed by atoms with Crippen molar-refractivity contribution in [1.29, 1.82) is 0 Å². The molecular formula is C18H24N2O6S. The third-order valence-electron chi connectivity index (χ3n) is 4.47. The number of carbonyl (C=O) groups is 3. The van der Waals surface area contributed by atoms with Crippen molar-refractivity contribution in [3.05, 3.63) is 34.9 Å². The van der Waals surface area contributed by atoms with E-state index in [9.17, 15) is 22.8 Å². The molecule has 1 aromatic rings. The van der Waals surface area contributed by atoms with Gasteiger partial charge in [-0.2, -0.15) is 0 Å². The van der Waals surface area contributed by atoms with E-state index in [1.54, 1.807) is 19.1 Å². The van der Waals surface area contributed by atoms with Crippen molar-refractivity contribution in [2.45, 2.75) is 32.7 Å². The lowest BCUT2D eigenvalue weighted by atomic mass is 10.0. The summed E-state index contributed by atoms with van der Waals surface area (Å²) in [5, 5.41) is 5.02. The molecule has 1 heterocycles. The minimum atomic E-state index is -3.15. The average molecular weight is 396 g/mol. The maximum absolute atomic E-state index is 12.0. The second kappa shape index (κ2) is 8.08. The predicted molar refractivity (Wildman–Crippen MR) is 99.0 cm³/mol. The summed E-state index contributed by atoms with van der Waals surface area (Å²) in [4.78, 5) is 35.6. The van der Waals surface area contributed by atoms with Crippen LogP contribution in [0.4, 0.5) is 0 Å². The van der Waals surface area contributed by atoms with Crippen molar-refractivity contribution in [1.82, 2.24) is 10.6 Å². The van der Waals surface area contributed by atoms with Gasteiger partial charge in [0.1, 0.15) is 6.54 Å². The first-order valence-electron chi connectivity index (χ1n) is 8.52. The predicted octanol–water partition coefficient (Wildman–Crippen LogP) is 0.270. The molecule has 27 heavy (non-hydrogen) atoms. The molecule has 9 heteroatoms. The SMILES string of the molecule is Cc1ccc(C(=O)NCC(=O)OCC(=O)NC2(C)CCS(=O)(=O)C2)cc1C. The first-order chi connectivity index (χ1) is 12.5. The molecule has 148 valence electrons. The van der Waals surface area contributed by atoms with E-state index in [1.165, 1.54) is 0 Å². The number of benzene rings is 1. The number of sulfone groups is 1. The molecule has 0 bridgehead atoms. The van der Waals surface area contributed by atoms with E-state index in [0.717, 1.165) is 11.1 Å². The minimum Gasteiger partial charge on any atom is -0.454 e. The summed E-state index contributed by atoms with van der Waals surface area (Å²) in [6, 6.07) is 5.20. The highest BCUT2D eigenvalue weighted by molar-refractivity contribution is 7.91. The van der Waals surface area contributed by atoms with Crippen LogP contribution in [0.25, 0.3) is 0 Å². The lowest BCUT2D eigenvalue weighted by molar-refractivity contribution is -0.147. The Kier molecular flexibility index (Phi) is 6.25. The van der Waals surface area contributed by atoms with Crippen LogP contribution in [0.2, 0.25) is 0 Å². The summed E-state index contributed by atoms with van der Waals surface area (Å²) in [7, 11) is -3.15. The van der Waals surface area contributed by atoms with Gasteiger partial charge in [-0.25, -0.2) is 8.42 Å². The van der Waals surface area contributed by atoms with E-state index < -0.39 is 39.8 Å². The molecule has 2 N–H and O–H groups in total. The molecule has 1 unspecified atom stereocenters. The standard InChI is InChI=1S/C18H24N2O6S/c1-12-4-5-14(8-13(12)2)17(23)19-9-16(22)26-10-15(21)20-18(3)6-7-27(24,25)11-18/h4-5,8H,6-7,9-11H2,1-3H3,(H,19,23)(H,20,21). The fourth-order valence-corrected chi connectivity index (χ4v) is 4.91. The summed E-state index contributed by atoms with van der Waals surface area (Å²) >= 11 is 0. The van der Waals surface area contributed by atoms with Crippen LogP contribution in [-0.4, -0.2) is 56.4 Å². The van der Waals surface area contributed by atoms with E-state index in [2.05, 4.69) is 10.6 Å². The van der Waals surface area contributed by atoms with Gasteiger partial charge in [-0.05, 0) is 50.5 Å². The van der Waals surface area contributed by atoms with Crippen LogP contribution in [0.1, 0.15) is 34.8 Å². The van der Waals surface area contributed by atoms with Gasteiger partial charge in [0.05, 0.1) is 17.0 Å². The van der Waals surface area contributed by atoms with Crippen molar-refractivity contribution in [2.24, 2.45) is 0 Å². The van der Waals surface area contributed by atoms with Gasteiger partial charge in [-0.3, -0.25) is 14.4 Å². The Hall–Kier alpha value is -2.42. The van der Waals surface area contributed by atoms with Gasteiger partial charge >= 0.3 is 5.97 Å². The Bertz CT molecular complexity index is 865. The molecule has 1 aliphatic rings. The van der Waals surface area contributed by atoms with Crippen molar-refractivity contribution < 1.29 is 27.5 Å². The third-order valence-corrected chi connectivity index (χ3v) is 6.37. The summed E-state index contributed by atoms with van der Waals surface area (Å²) in [6.45, 7) is 4.55. The fraction of sp³-hybridized carbons (Fsp3) is 0.500. The van der Waals surface area contributed by atoms with Crippen molar-refractivity contribution in [3.63, 3.8) is 0 Å². The van der Waals surface area contributed by atoms with E-state index in [4.69, 9.17) is 4.74 Å². The summed E-state index contributed by atoms with van der Waals surface area (Å²) in [5.41, 5.74) is 1.60. The van der Waals surface area contributed by atoms with E-state index in [-0.39, 0.29) is 18.1 Å². The molecule has 1 aromatic carbocycles. The second-order valence-electron chi connectivity index (χ2n) is 7.09. The number of rotatable bonds is 6. The third kappa shape index (κ3) is 6.06. The molecular weight excluding hydrogens is 372 g/mol. The van der Waals surface area contributed by atoms with Gasteiger partial charge in [0, 0.05) is 5.56 Å². The minimum absolute atomic E-state index is 0.0219. The number of carbonyl (C=O) groups excluding carboxylic acids is 3. The lowest BCUT2D eigenvalue weighted by Crippen LogP contribution is -2.48. The molecule has 0 saturated carbocycles. The number of hydrogen-bond donors (Lipinski definition) is 2. The number of amides is 2. The normalized spacial score (nSPS) is 20.7. The Morgan fingerprint density at radius 3 is 2.48 bits per heavy atom. The number of hydrogen-bond acceptors (Lipinski definition) is 6. The average Bonchev–Trinajstić information content (AvgIpc) is 2.86. The van der Waals surface area contributed by atoms with Crippen LogP contribution in [0.5, 0.6) is 0 Å². The van der Waals surface area contributed by atoms with Gasteiger partial charge in [-0.1, -0.05) is 6.07 Å². The number of ether oxygens (including phenoxy) is 1. The summed E-state index contributed by atoms with van der Waals surface area (Å²) in [5.74, 6) is -1.86. The molecule has 0 aliphatic carbocycles. The molecule has 0 radical (unpaired) electrons. The Balaban J connectivity index is 1.75. The zero-order valence-corrected chi connectivity index (χ0v) is 16.4. The van der Waals surface area contributed by atoms with Crippen LogP contribution < -0.4 is 10.6 Å². The topological polar surface area (TPSA) is 119 Å². The maximum Gasteiger partial charge on any atom is 0.325 e. The molecule has 8 nitrogen and oxygen atoms in total. The van der Waals surface area contributed by atoms with Crippen molar-refractivity contribution >= 4 is 27.6 Å². The van der Waals surface area contributed by atoms with Crippen LogP contribution in [0.3, 0.4) is 0 Å². The van der Waals surface area contributed by atoms with Crippen LogP contribution in [0.15, 0.2) is 18.2 Å². The van der Waals surface area contributed by atoms with E-state index in [1.807, 2.05) is 19.9 Å². The molecule has 1 saturated heterocycles. The summed E-state index contributed by atoms with van der Waals surface area (Å²) in [6.07, 6.45) is 0.320. The monoisotopic (exact) mass is 396 g/mol. The number of nitrogens with one attached hydrogen (secondary N) is 2. The first kappa shape index (κ1) is 20.9. The molecule has 1 fully saturated rings. The van der Waals surface area contributed by atoms with Gasteiger partial charge in [0.15, 0.2) is 16.4 Å². The highest BCUT2D eigenvalue weighted by Crippen LogP contribution is 2.22. The van der Waals surface area contributed by atoms with Crippen LogP contribution in [0, 0.1) is 13.8 Å². The highest BCUT2D eigenvalue weighted by Gasteiger charge is 2.39. The molecule has 1 aliphatic heterocycles. The van der Waals surface area contributed by atoms with Crippen molar-refractivity contribution in [2.75, 3.05) is 24.7 Å². The largest absolute Gasteiger partial charge is 0.454 e. The first-order valence-corrected chi connectivity index (χ1v) is 10.3. The van der Waals surface area contributed by atoms with Gasteiger partial charge in [0.25, 0.3) is 11.8 Å². The van der Waals surface area contributed by atoms with Gasteiger partial charge in [-0.15, -0.1) is 0 Å². The van der Waals surface area contributed by atoms with Crippen LogP contribution in [-0.2, 0) is 24.2 Å². The van der Waals surface area contributed by atoms with Gasteiger partial charge in [0.2, 0.25) is 0 Å². The maximum atomic E-state index is 12.0. The van der Waals surface area contributed by atoms with Crippen LogP contribution >= 0.6 is 0 Å². The zero-order chi connectivity index (χ0) is 20.2. The number of aryl methyl sites for hydroxylation is 2. The Labute approximate surface area is 158 Å². The number of esters is 1. The van der Waals surface area contributed by atoms with E-state index in [0.29, 0.717) is 12.0 Å².